The number of hydrogen-bond donors (Lipinski definition) is 0. The van der Waals surface area contributed by atoms with Gasteiger partial charge in [-0.15, -0.1) is 6.42 Å². The SMILES string of the molecule is C#CC(C)(C)S(=O)(=O)C=C. The molecule has 10 heavy (non-hydrogen) atoms. The summed E-state index contributed by atoms with van der Waals surface area (Å²) in [4.78, 5) is 0. The van der Waals surface area contributed by atoms with E-state index in [2.05, 4.69) is 12.5 Å². The standard InChI is InChI=1S/C7H10O2S/c1-5-7(3,4)10(8,9)6-2/h1,6H,2H2,3-4H3. The first kappa shape index (κ1) is 9.25. The van der Waals surface area contributed by atoms with Gasteiger partial charge in [0.2, 0.25) is 0 Å². The maximum absolute atomic E-state index is 11.0. The Labute approximate surface area is 61.9 Å². The third-order valence-corrected chi connectivity index (χ3v) is 3.26. The van der Waals surface area contributed by atoms with Gasteiger partial charge in [0.05, 0.1) is 0 Å². The van der Waals surface area contributed by atoms with E-state index >= 15 is 0 Å². The molecule has 0 aliphatic rings. The lowest BCUT2D eigenvalue weighted by molar-refractivity contribution is 0.585. The van der Waals surface area contributed by atoms with Gasteiger partial charge < -0.3 is 0 Å². The van der Waals surface area contributed by atoms with Crippen LogP contribution in [0.3, 0.4) is 0 Å². The monoisotopic (exact) mass is 158 g/mol. The number of rotatable bonds is 2. The molecule has 0 saturated carbocycles. The molecule has 0 bridgehead atoms. The molecule has 56 valence electrons. The first-order chi connectivity index (χ1) is 4.37. The molecule has 0 rings (SSSR count). The first-order valence-corrected chi connectivity index (χ1v) is 4.27. The van der Waals surface area contributed by atoms with E-state index < -0.39 is 14.6 Å². The van der Waals surface area contributed by atoms with Gasteiger partial charge in [-0.1, -0.05) is 12.5 Å². The Balaban J connectivity index is 5.07. The van der Waals surface area contributed by atoms with E-state index in [1.165, 1.54) is 13.8 Å². The minimum absolute atomic E-state index is 0.882. The lowest BCUT2D eigenvalue weighted by atomic mass is 10.2. The van der Waals surface area contributed by atoms with Crippen LogP contribution in [0, 0.1) is 12.3 Å². The van der Waals surface area contributed by atoms with E-state index in [-0.39, 0.29) is 0 Å². The van der Waals surface area contributed by atoms with Crippen molar-refractivity contribution in [2.45, 2.75) is 18.6 Å². The van der Waals surface area contributed by atoms with Crippen molar-refractivity contribution in [1.29, 1.82) is 0 Å². The van der Waals surface area contributed by atoms with Crippen LogP contribution in [0.25, 0.3) is 0 Å². The third-order valence-electron chi connectivity index (χ3n) is 1.28. The Morgan fingerprint density at radius 3 is 2.10 bits per heavy atom. The van der Waals surface area contributed by atoms with Crippen LogP contribution in [0.4, 0.5) is 0 Å². The summed E-state index contributed by atoms with van der Waals surface area (Å²) in [5.74, 6) is 2.17. The second-order valence-corrected chi connectivity index (χ2v) is 4.81. The van der Waals surface area contributed by atoms with E-state index in [4.69, 9.17) is 6.42 Å². The topological polar surface area (TPSA) is 34.1 Å². The molecule has 0 radical (unpaired) electrons. The average Bonchev–Trinajstić information content (AvgIpc) is 1.88. The molecule has 0 aromatic carbocycles. The smallest absolute Gasteiger partial charge is 0.187 e. The fourth-order valence-electron chi connectivity index (χ4n) is 0.290. The van der Waals surface area contributed by atoms with Gasteiger partial charge in [-0.05, 0) is 13.8 Å². The van der Waals surface area contributed by atoms with Crippen molar-refractivity contribution in [3.63, 3.8) is 0 Å². The first-order valence-electron chi connectivity index (χ1n) is 2.72. The summed E-state index contributed by atoms with van der Waals surface area (Å²) in [5.41, 5.74) is 0. The van der Waals surface area contributed by atoms with Gasteiger partial charge in [0.1, 0.15) is 4.75 Å². The van der Waals surface area contributed by atoms with Crippen molar-refractivity contribution in [1.82, 2.24) is 0 Å². The molecule has 0 amide bonds. The lowest BCUT2D eigenvalue weighted by Crippen LogP contribution is -2.27. The maximum Gasteiger partial charge on any atom is 0.187 e. The molecule has 0 atom stereocenters. The second kappa shape index (κ2) is 2.47. The molecule has 3 heteroatoms. The highest BCUT2D eigenvalue weighted by molar-refractivity contribution is 7.95. The van der Waals surface area contributed by atoms with Crippen LogP contribution >= 0.6 is 0 Å². The minimum atomic E-state index is -3.32. The van der Waals surface area contributed by atoms with Crippen LogP contribution in [0.2, 0.25) is 0 Å². The van der Waals surface area contributed by atoms with Crippen molar-refractivity contribution in [2.75, 3.05) is 0 Å². The Kier molecular flexibility index (Phi) is 2.28. The van der Waals surface area contributed by atoms with Gasteiger partial charge in [0, 0.05) is 5.41 Å². The van der Waals surface area contributed by atoms with E-state index in [0.717, 1.165) is 5.41 Å². The molecule has 0 aromatic heterocycles. The summed E-state index contributed by atoms with van der Waals surface area (Å²) >= 11 is 0. The zero-order valence-corrected chi connectivity index (χ0v) is 6.90. The fourth-order valence-corrected chi connectivity index (χ4v) is 0.871. The molecule has 0 heterocycles. The summed E-state index contributed by atoms with van der Waals surface area (Å²) in [6, 6.07) is 0. The van der Waals surface area contributed by atoms with Crippen LogP contribution in [0.1, 0.15) is 13.8 Å². The van der Waals surface area contributed by atoms with Crippen molar-refractivity contribution in [2.24, 2.45) is 0 Å². The number of hydrogen-bond acceptors (Lipinski definition) is 2. The van der Waals surface area contributed by atoms with E-state index in [9.17, 15) is 8.42 Å². The quantitative estimate of drug-likeness (QED) is 0.561. The number of terminal acetylenes is 1. The normalized spacial score (nSPS) is 12.1. The molecule has 2 nitrogen and oxygen atoms in total. The Bertz CT molecular complexity index is 264. The van der Waals surface area contributed by atoms with Gasteiger partial charge in [-0.2, -0.15) is 0 Å². The highest BCUT2D eigenvalue weighted by atomic mass is 32.2. The van der Waals surface area contributed by atoms with Crippen molar-refractivity contribution in [3.8, 4) is 12.3 Å². The van der Waals surface area contributed by atoms with Crippen LogP contribution in [0.5, 0.6) is 0 Å². The summed E-state index contributed by atoms with van der Waals surface area (Å²) < 4.78 is 20.9. The summed E-state index contributed by atoms with van der Waals surface area (Å²) in [6.07, 6.45) is 4.99. The minimum Gasteiger partial charge on any atom is -0.223 e. The molecule has 0 aromatic rings. The van der Waals surface area contributed by atoms with E-state index in [1.54, 1.807) is 0 Å². The Morgan fingerprint density at radius 2 is 2.00 bits per heavy atom. The largest absolute Gasteiger partial charge is 0.223 e. The van der Waals surface area contributed by atoms with Crippen molar-refractivity contribution >= 4 is 9.84 Å². The maximum atomic E-state index is 11.0. The Hall–Kier alpha value is -0.750. The van der Waals surface area contributed by atoms with Gasteiger partial charge in [0.15, 0.2) is 9.84 Å². The average molecular weight is 158 g/mol. The molecule has 0 fully saturated rings. The van der Waals surface area contributed by atoms with Gasteiger partial charge in [-0.25, -0.2) is 8.42 Å². The van der Waals surface area contributed by atoms with Gasteiger partial charge in [0.25, 0.3) is 0 Å². The zero-order chi connectivity index (χ0) is 8.41. The fraction of sp³-hybridized carbons (Fsp3) is 0.429. The zero-order valence-electron chi connectivity index (χ0n) is 6.09. The van der Waals surface area contributed by atoms with Crippen LogP contribution in [-0.4, -0.2) is 13.2 Å². The predicted molar refractivity (Wildman–Crippen MR) is 42.0 cm³/mol. The highest BCUT2D eigenvalue weighted by Gasteiger charge is 2.28. The second-order valence-electron chi connectivity index (χ2n) is 2.37. The third kappa shape index (κ3) is 1.39. The van der Waals surface area contributed by atoms with Crippen LogP contribution in [0.15, 0.2) is 12.0 Å². The molecule has 0 spiro atoms. The predicted octanol–water partition coefficient (Wildman–Crippen LogP) is 0.957. The van der Waals surface area contributed by atoms with E-state index in [1.807, 2.05) is 0 Å². The lowest BCUT2D eigenvalue weighted by Gasteiger charge is -2.13. The molecule has 0 unspecified atom stereocenters. The molecule has 0 N–H and O–H groups in total. The molecule has 0 aliphatic heterocycles. The highest BCUT2D eigenvalue weighted by Crippen LogP contribution is 2.15. The molecule has 0 saturated heterocycles. The van der Waals surface area contributed by atoms with E-state index in [0.29, 0.717) is 0 Å². The van der Waals surface area contributed by atoms with Crippen molar-refractivity contribution < 1.29 is 8.42 Å². The summed E-state index contributed by atoms with van der Waals surface area (Å²) in [5, 5.41) is 0.882. The molecular formula is C7H10O2S. The van der Waals surface area contributed by atoms with Gasteiger partial charge >= 0.3 is 0 Å². The summed E-state index contributed by atoms with van der Waals surface area (Å²) in [7, 11) is -3.32. The number of sulfone groups is 1. The molecule has 0 aliphatic carbocycles. The summed E-state index contributed by atoms with van der Waals surface area (Å²) in [6.45, 7) is 6.09. The Morgan fingerprint density at radius 1 is 1.60 bits per heavy atom. The van der Waals surface area contributed by atoms with Crippen LogP contribution in [-0.2, 0) is 9.84 Å². The van der Waals surface area contributed by atoms with Crippen molar-refractivity contribution in [3.05, 3.63) is 12.0 Å². The molecular weight excluding hydrogens is 148 g/mol. The van der Waals surface area contributed by atoms with Gasteiger partial charge in [-0.3, -0.25) is 0 Å². The van der Waals surface area contributed by atoms with Crippen LogP contribution < -0.4 is 0 Å².